The molecule has 1 aromatic heterocycles. The second kappa shape index (κ2) is 5.31. The van der Waals surface area contributed by atoms with Gasteiger partial charge in [-0.05, 0) is 51.7 Å². The Hall–Kier alpha value is -1.17. The zero-order valence-corrected chi connectivity index (χ0v) is 13.4. The van der Waals surface area contributed by atoms with Crippen molar-refractivity contribution >= 4 is 15.7 Å². The molecule has 2 heterocycles. The van der Waals surface area contributed by atoms with Gasteiger partial charge in [0.05, 0.1) is 4.75 Å². The van der Waals surface area contributed by atoms with Crippen molar-refractivity contribution in [2.24, 2.45) is 5.92 Å². The third kappa shape index (κ3) is 2.95. The molecule has 0 bridgehead atoms. The van der Waals surface area contributed by atoms with Gasteiger partial charge < -0.3 is 4.90 Å². The monoisotopic (exact) mass is 297 g/mol. The molecule has 1 aliphatic heterocycles. The number of anilines is 1. The van der Waals surface area contributed by atoms with E-state index in [9.17, 15) is 8.42 Å². The van der Waals surface area contributed by atoms with Gasteiger partial charge in [0, 0.05) is 13.1 Å². The van der Waals surface area contributed by atoms with Crippen LogP contribution in [0.4, 0.5) is 5.82 Å². The summed E-state index contributed by atoms with van der Waals surface area (Å²) in [7, 11) is -3.42. The smallest absolute Gasteiger partial charge is 0.202 e. The molecule has 20 heavy (non-hydrogen) atoms. The quantitative estimate of drug-likeness (QED) is 0.838. The zero-order valence-electron chi connectivity index (χ0n) is 12.6. The second-order valence-electron chi connectivity index (χ2n) is 6.52. The third-order valence-corrected chi connectivity index (χ3v) is 6.20. The van der Waals surface area contributed by atoms with E-state index in [-0.39, 0.29) is 5.03 Å². The molecule has 1 fully saturated rings. The molecule has 0 saturated carbocycles. The van der Waals surface area contributed by atoms with Crippen LogP contribution in [0.25, 0.3) is 0 Å². The Bertz CT molecular complexity index is 553. The highest BCUT2D eigenvalue weighted by Crippen LogP contribution is 2.25. The van der Waals surface area contributed by atoms with Crippen molar-refractivity contribution in [3.63, 3.8) is 0 Å². The Kier molecular flexibility index (Phi) is 4.04. The van der Waals surface area contributed by atoms with Crippen LogP contribution in [0.5, 0.6) is 0 Å². The highest BCUT2D eigenvalue weighted by molar-refractivity contribution is 7.92. The van der Waals surface area contributed by atoms with Gasteiger partial charge in [0.25, 0.3) is 0 Å². The minimum Gasteiger partial charge on any atom is -0.355 e. The van der Waals surface area contributed by atoms with Gasteiger partial charge in [0.2, 0.25) is 9.84 Å². The van der Waals surface area contributed by atoms with Gasteiger partial charge >= 0.3 is 0 Å². The van der Waals surface area contributed by atoms with Crippen molar-refractivity contribution in [2.75, 3.05) is 18.0 Å². The first kappa shape index (κ1) is 15.2. The Balaban J connectivity index is 2.19. The maximum atomic E-state index is 12.3. The van der Waals surface area contributed by atoms with Crippen LogP contribution in [0, 0.1) is 5.92 Å². The van der Waals surface area contributed by atoms with Crippen LogP contribution < -0.4 is 4.90 Å². The molecule has 0 aromatic carbocycles. The molecular weight excluding hydrogens is 274 g/mol. The summed E-state index contributed by atoms with van der Waals surface area (Å²) >= 11 is 0. The van der Waals surface area contributed by atoms with E-state index in [0.717, 1.165) is 37.7 Å². The molecule has 2 rings (SSSR count). The molecular formula is C14H23N3O2S. The fourth-order valence-electron chi connectivity index (χ4n) is 2.18. The van der Waals surface area contributed by atoms with E-state index in [1.54, 1.807) is 32.9 Å². The first-order chi connectivity index (χ1) is 9.22. The number of aromatic nitrogens is 2. The van der Waals surface area contributed by atoms with Crippen molar-refractivity contribution in [1.29, 1.82) is 0 Å². The van der Waals surface area contributed by atoms with Crippen molar-refractivity contribution in [3.05, 3.63) is 12.1 Å². The predicted molar refractivity (Wildman–Crippen MR) is 79.6 cm³/mol. The second-order valence-corrected chi connectivity index (χ2v) is 9.17. The topological polar surface area (TPSA) is 63.2 Å². The summed E-state index contributed by atoms with van der Waals surface area (Å²) in [4.78, 5) is 2.17. The molecule has 112 valence electrons. The van der Waals surface area contributed by atoms with Crippen molar-refractivity contribution in [2.45, 2.75) is 50.3 Å². The van der Waals surface area contributed by atoms with E-state index in [4.69, 9.17) is 0 Å². The van der Waals surface area contributed by atoms with Gasteiger partial charge in [-0.2, -0.15) is 0 Å². The molecule has 1 aliphatic rings. The maximum absolute atomic E-state index is 12.3. The highest BCUT2D eigenvalue weighted by atomic mass is 32.2. The maximum Gasteiger partial charge on any atom is 0.202 e. The van der Waals surface area contributed by atoms with Crippen LogP contribution in [-0.4, -0.2) is 36.5 Å². The van der Waals surface area contributed by atoms with E-state index in [0.29, 0.717) is 0 Å². The number of hydrogen-bond acceptors (Lipinski definition) is 5. The molecule has 1 saturated heterocycles. The van der Waals surface area contributed by atoms with Gasteiger partial charge in [-0.25, -0.2) is 8.42 Å². The van der Waals surface area contributed by atoms with Crippen LogP contribution in [0.3, 0.4) is 0 Å². The fraction of sp³-hybridized carbons (Fsp3) is 0.714. The molecule has 0 spiro atoms. The minimum atomic E-state index is -3.42. The Morgan fingerprint density at radius 1 is 1.15 bits per heavy atom. The van der Waals surface area contributed by atoms with Crippen LogP contribution in [0.1, 0.15) is 40.5 Å². The molecule has 6 heteroatoms. The normalized spacial score (nSPS) is 18.3. The lowest BCUT2D eigenvalue weighted by molar-refractivity contribution is 0.435. The van der Waals surface area contributed by atoms with Gasteiger partial charge in [-0.3, -0.25) is 0 Å². The summed E-state index contributed by atoms with van der Waals surface area (Å²) in [6, 6.07) is 3.34. The predicted octanol–water partition coefficient (Wildman–Crippen LogP) is 2.29. The first-order valence-corrected chi connectivity index (χ1v) is 8.53. The van der Waals surface area contributed by atoms with Crippen molar-refractivity contribution < 1.29 is 8.42 Å². The summed E-state index contributed by atoms with van der Waals surface area (Å²) in [5.74, 6) is 1.52. The van der Waals surface area contributed by atoms with E-state index in [2.05, 4.69) is 22.0 Å². The van der Waals surface area contributed by atoms with Crippen LogP contribution >= 0.6 is 0 Å². The summed E-state index contributed by atoms with van der Waals surface area (Å²) in [6.07, 6.45) is 2.29. The molecule has 0 N–H and O–H groups in total. The summed E-state index contributed by atoms with van der Waals surface area (Å²) < 4.78 is 23.7. The van der Waals surface area contributed by atoms with E-state index >= 15 is 0 Å². The van der Waals surface area contributed by atoms with Gasteiger partial charge in [0.15, 0.2) is 10.8 Å². The fourth-order valence-corrected chi connectivity index (χ4v) is 3.20. The lowest BCUT2D eigenvalue weighted by atomic mass is 9.99. The largest absolute Gasteiger partial charge is 0.355 e. The Morgan fingerprint density at radius 3 is 2.20 bits per heavy atom. The summed E-state index contributed by atoms with van der Waals surface area (Å²) in [6.45, 7) is 9.18. The number of nitrogens with zero attached hydrogens (tertiary/aromatic N) is 3. The van der Waals surface area contributed by atoms with E-state index in [1.807, 2.05) is 0 Å². The van der Waals surface area contributed by atoms with Crippen LogP contribution in [-0.2, 0) is 9.84 Å². The lowest BCUT2D eigenvalue weighted by Crippen LogP contribution is -2.34. The van der Waals surface area contributed by atoms with Crippen molar-refractivity contribution in [1.82, 2.24) is 10.2 Å². The molecule has 0 atom stereocenters. The molecule has 0 radical (unpaired) electrons. The molecule has 5 nitrogen and oxygen atoms in total. The number of piperidine rings is 1. The van der Waals surface area contributed by atoms with E-state index in [1.165, 1.54) is 0 Å². The standard InChI is InChI=1S/C14H23N3O2S/c1-11-7-9-17(10-8-11)12-5-6-13(16-15-12)20(18,19)14(2,3)4/h5-6,11H,7-10H2,1-4H3. The zero-order chi connectivity index (χ0) is 15.0. The number of hydrogen-bond donors (Lipinski definition) is 0. The average molecular weight is 297 g/mol. The summed E-state index contributed by atoms with van der Waals surface area (Å²) in [5, 5.41) is 8.09. The SMILES string of the molecule is CC1CCN(c2ccc(S(=O)(=O)C(C)(C)C)nn2)CC1. The van der Waals surface area contributed by atoms with Crippen LogP contribution in [0.15, 0.2) is 17.2 Å². The molecule has 1 aromatic rings. The molecule has 0 amide bonds. The van der Waals surface area contributed by atoms with Crippen molar-refractivity contribution in [3.8, 4) is 0 Å². The molecule has 0 unspecified atom stereocenters. The molecule has 0 aliphatic carbocycles. The van der Waals surface area contributed by atoms with E-state index < -0.39 is 14.6 Å². The first-order valence-electron chi connectivity index (χ1n) is 7.05. The Morgan fingerprint density at radius 2 is 1.75 bits per heavy atom. The van der Waals surface area contributed by atoms with Gasteiger partial charge in [0.1, 0.15) is 0 Å². The van der Waals surface area contributed by atoms with Gasteiger partial charge in [-0.1, -0.05) is 6.92 Å². The Labute approximate surface area is 121 Å². The minimum absolute atomic E-state index is 0.0547. The van der Waals surface area contributed by atoms with Gasteiger partial charge in [-0.15, -0.1) is 10.2 Å². The number of sulfone groups is 1. The highest BCUT2D eigenvalue weighted by Gasteiger charge is 2.32. The average Bonchev–Trinajstić information content (AvgIpc) is 2.38. The number of rotatable bonds is 2. The van der Waals surface area contributed by atoms with Crippen LogP contribution in [0.2, 0.25) is 0 Å². The summed E-state index contributed by atoms with van der Waals surface area (Å²) in [5.41, 5.74) is 0. The lowest BCUT2D eigenvalue weighted by Gasteiger charge is -2.30. The third-order valence-electron chi connectivity index (χ3n) is 3.82.